The number of rotatable bonds is 8. The summed E-state index contributed by atoms with van der Waals surface area (Å²) in [5.41, 5.74) is 7.37. The minimum atomic E-state index is 0.0125. The summed E-state index contributed by atoms with van der Waals surface area (Å²) in [6, 6.07) is 10.6. The van der Waals surface area contributed by atoms with Crippen LogP contribution >= 0.6 is 0 Å². The van der Waals surface area contributed by atoms with Gasteiger partial charge in [-0.15, -0.1) is 0 Å². The predicted molar refractivity (Wildman–Crippen MR) is 109 cm³/mol. The van der Waals surface area contributed by atoms with Crippen LogP contribution < -0.4 is 11.1 Å². The molecule has 27 heavy (non-hydrogen) atoms. The van der Waals surface area contributed by atoms with Gasteiger partial charge in [0.2, 0.25) is 5.91 Å². The van der Waals surface area contributed by atoms with E-state index < -0.39 is 0 Å². The average molecular weight is 374 g/mol. The predicted octanol–water partition coefficient (Wildman–Crippen LogP) is 2.35. The molecule has 150 valence electrons. The number of morpholine rings is 1. The van der Waals surface area contributed by atoms with Crippen molar-refractivity contribution in [1.82, 2.24) is 10.2 Å². The van der Waals surface area contributed by atoms with E-state index in [4.69, 9.17) is 10.5 Å². The fraction of sp³-hybridized carbons (Fsp3) is 0.682. The van der Waals surface area contributed by atoms with Crippen LogP contribution in [0.4, 0.5) is 0 Å². The summed E-state index contributed by atoms with van der Waals surface area (Å²) < 4.78 is 5.47. The number of ether oxygens (including phenoxy) is 1. The monoisotopic (exact) mass is 373 g/mol. The standard InChI is InChI=1S/C22H35N3O2/c23-18-22(9-5-2-6-10-22)16-21(26)24-20(15-19-7-3-1-4-8-19)17-25-11-13-27-14-12-25/h1,3-4,7-8,20H,2,5-6,9-18,23H2,(H,24,26). The van der Waals surface area contributed by atoms with Crippen molar-refractivity contribution in [2.45, 2.75) is 51.0 Å². The van der Waals surface area contributed by atoms with Gasteiger partial charge < -0.3 is 15.8 Å². The number of hydrogen-bond donors (Lipinski definition) is 2. The first-order valence-electron chi connectivity index (χ1n) is 10.5. The van der Waals surface area contributed by atoms with Crippen molar-refractivity contribution >= 4 is 5.91 Å². The van der Waals surface area contributed by atoms with E-state index in [1.165, 1.54) is 24.8 Å². The highest BCUT2D eigenvalue weighted by Crippen LogP contribution is 2.38. The van der Waals surface area contributed by atoms with Crippen LogP contribution in [0.15, 0.2) is 30.3 Å². The van der Waals surface area contributed by atoms with Crippen molar-refractivity contribution in [1.29, 1.82) is 0 Å². The summed E-state index contributed by atoms with van der Waals surface area (Å²) in [7, 11) is 0. The number of amides is 1. The number of hydrogen-bond acceptors (Lipinski definition) is 4. The highest BCUT2D eigenvalue weighted by Gasteiger charge is 2.33. The van der Waals surface area contributed by atoms with Gasteiger partial charge in [0.05, 0.1) is 13.2 Å². The lowest BCUT2D eigenvalue weighted by Crippen LogP contribution is -2.49. The smallest absolute Gasteiger partial charge is 0.220 e. The first-order chi connectivity index (χ1) is 13.2. The number of nitrogens with zero attached hydrogens (tertiary/aromatic N) is 1. The molecule has 5 heteroatoms. The zero-order valence-electron chi connectivity index (χ0n) is 16.5. The average Bonchev–Trinajstić information content (AvgIpc) is 2.70. The molecule has 3 N–H and O–H groups in total. The normalized spacial score (nSPS) is 21.5. The third kappa shape index (κ3) is 6.30. The number of carbonyl (C=O) groups excluding carboxylic acids is 1. The van der Waals surface area contributed by atoms with Gasteiger partial charge in [-0.1, -0.05) is 49.6 Å². The summed E-state index contributed by atoms with van der Waals surface area (Å²) in [4.78, 5) is 15.3. The van der Waals surface area contributed by atoms with E-state index in [0.717, 1.165) is 52.1 Å². The lowest BCUT2D eigenvalue weighted by molar-refractivity contribution is -0.124. The van der Waals surface area contributed by atoms with Crippen LogP contribution in [0.25, 0.3) is 0 Å². The summed E-state index contributed by atoms with van der Waals surface area (Å²) in [6.07, 6.45) is 7.28. The molecule has 1 aromatic rings. The summed E-state index contributed by atoms with van der Waals surface area (Å²) in [6.45, 7) is 4.93. The Balaban J connectivity index is 1.61. The number of nitrogens with one attached hydrogen (secondary N) is 1. The van der Waals surface area contributed by atoms with Gasteiger partial charge in [0.1, 0.15) is 0 Å². The van der Waals surface area contributed by atoms with E-state index in [1.807, 2.05) is 6.07 Å². The van der Waals surface area contributed by atoms with E-state index in [9.17, 15) is 4.79 Å². The van der Waals surface area contributed by atoms with Crippen LogP contribution in [0, 0.1) is 5.41 Å². The van der Waals surface area contributed by atoms with Crippen LogP contribution in [-0.2, 0) is 16.0 Å². The third-order valence-corrected chi connectivity index (χ3v) is 6.16. The van der Waals surface area contributed by atoms with Gasteiger partial charge in [-0.05, 0) is 36.8 Å². The molecule has 1 saturated carbocycles. The zero-order chi connectivity index (χ0) is 19.0. The van der Waals surface area contributed by atoms with Crippen LogP contribution in [0.3, 0.4) is 0 Å². The highest BCUT2D eigenvalue weighted by molar-refractivity contribution is 5.77. The Morgan fingerprint density at radius 3 is 2.52 bits per heavy atom. The lowest BCUT2D eigenvalue weighted by atomic mass is 9.71. The molecule has 2 aliphatic rings. The Kier molecular flexibility index (Phi) is 7.68. The molecule has 5 nitrogen and oxygen atoms in total. The molecule has 0 spiro atoms. The molecule has 0 aromatic heterocycles. The van der Waals surface area contributed by atoms with Gasteiger partial charge in [0.25, 0.3) is 0 Å². The molecule has 3 rings (SSSR count). The van der Waals surface area contributed by atoms with Gasteiger partial charge in [-0.3, -0.25) is 9.69 Å². The van der Waals surface area contributed by atoms with Gasteiger partial charge >= 0.3 is 0 Å². The molecular weight excluding hydrogens is 338 g/mol. The maximum absolute atomic E-state index is 12.9. The van der Waals surface area contributed by atoms with Crippen molar-refractivity contribution in [2.24, 2.45) is 11.1 Å². The topological polar surface area (TPSA) is 67.6 Å². The van der Waals surface area contributed by atoms with Gasteiger partial charge in [-0.25, -0.2) is 0 Å². The van der Waals surface area contributed by atoms with Gasteiger partial charge in [0.15, 0.2) is 0 Å². The van der Waals surface area contributed by atoms with E-state index >= 15 is 0 Å². The molecule has 1 amide bonds. The molecule has 1 aliphatic heterocycles. The van der Waals surface area contributed by atoms with E-state index in [0.29, 0.717) is 13.0 Å². The molecule has 2 fully saturated rings. The molecule has 1 aromatic carbocycles. The van der Waals surface area contributed by atoms with Crippen molar-refractivity contribution in [3.63, 3.8) is 0 Å². The van der Waals surface area contributed by atoms with Gasteiger partial charge in [-0.2, -0.15) is 0 Å². The van der Waals surface area contributed by atoms with E-state index in [2.05, 4.69) is 34.5 Å². The number of carbonyl (C=O) groups is 1. The second kappa shape index (κ2) is 10.2. The first kappa shape index (κ1) is 20.3. The van der Waals surface area contributed by atoms with Crippen molar-refractivity contribution in [3.05, 3.63) is 35.9 Å². The minimum Gasteiger partial charge on any atom is -0.379 e. The Hall–Kier alpha value is -1.43. The Morgan fingerprint density at radius 1 is 1.15 bits per heavy atom. The second-order valence-electron chi connectivity index (χ2n) is 8.31. The molecule has 1 aliphatic carbocycles. The fourth-order valence-electron chi connectivity index (χ4n) is 4.53. The van der Waals surface area contributed by atoms with Crippen molar-refractivity contribution in [3.8, 4) is 0 Å². The summed E-state index contributed by atoms with van der Waals surface area (Å²) in [5.74, 6) is 0.163. The van der Waals surface area contributed by atoms with Gasteiger partial charge in [0, 0.05) is 32.1 Å². The fourth-order valence-corrected chi connectivity index (χ4v) is 4.53. The Morgan fingerprint density at radius 2 is 1.85 bits per heavy atom. The van der Waals surface area contributed by atoms with Crippen LogP contribution in [0.1, 0.15) is 44.1 Å². The lowest BCUT2D eigenvalue weighted by Gasteiger charge is -2.36. The molecule has 1 heterocycles. The summed E-state index contributed by atoms with van der Waals surface area (Å²) in [5, 5.41) is 3.34. The van der Waals surface area contributed by atoms with Crippen LogP contribution in [0.2, 0.25) is 0 Å². The first-order valence-corrected chi connectivity index (χ1v) is 10.5. The molecule has 1 unspecified atom stereocenters. The van der Waals surface area contributed by atoms with Crippen LogP contribution in [-0.4, -0.2) is 56.2 Å². The second-order valence-corrected chi connectivity index (χ2v) is 8.31. The van der Waals surface area contributed by atoms with Crippen LogP contribution in [0.5, 0.6) is 0 Å². The molecule has 1 atom stereocenters. The molecule has 1 saturated heterocycles. The molecular formula is C22H35N3O2. The number of nitrogens with two attached hydrogens (primary N) is 1. The molecule has 0 bridgehead atoms. The third-order valence-electron chi connectivity index (χ3n) is 6.16. The molecule has 0 radical (unpaired) electrons. The maximum Gasteiger partial charge on any atom is 0.220 e. The highest BCUT2D eigenvalue weighted by atomic mass is 16.5. The SMILES string of the molecule is NCC1(CC(=O)NC(Cc2ccccc2)CN2CCOCC2)CCCCC1. The van der Waals surface area contributed by atoms with Crippen molar-refractivity contribution < 1.29 is 9.53 Å². The van der Waals surface area contributed by atoms with E-state index in [1.54, 1.807) is 0 Å². The van der Waals surface area contributed by atoms with Crippen molar-refractivity contribution in [2.75, 3.05) is 39.4 Å². The summed E-state index contributed by atoms with van der Waals surface area (Å²) >= 11 is 0. The maximum atomic E-state index is 12.9. The Labute approximate surface area is 163 Å². The zero-order valence-corrected chi connectivity index (χ0v) is 16.5. The largest absolute Gasteiger partial charge is 0.379 e. The number of benzene rings is 1. The van der Waals surface area contributed by atoms with E-state index in [-0.39, 0.29) is 17.4 Å². The Bertz CT molecular complexity index is 566. The minimum absolute atomic E-state index is 0.0125. The quantitative estimate of drug-likeness (QED) is 0.734.